The molecule has 5 nitrogen and oxygen atoms in total. The van der Waals surface area contributed by atoms with Crippen LogP contribution in [0, 0.1) is 12.0 Å². The third-order valence-electron chi connectivity index (χ3n) is 6.19. The van der Waals surface area contributed by atoms with Gasteiger partial charge < -0.3 is 9.64 Å². The minimum absolute atomic E-state index is 0.122. The highest BCUT2D eigenvalue weighted by atomic mass is 32.2. The van der Waals surface area contributed by atoms with E-state index < -0.39 is 9.84 Å². The van der Waals surface area contributed by atoms with Crippen molar-refractivity contribution in [3.63, 3.8) is 0 Å². The summed E-state index contributed by atoms with van der Waals surface area (Å²) < 4.78 is 32.8. The molecule has 2 aromatic rings. The Morgan fingerprint density at radius 1 is 1.10 bits per heavy atom. The molecule has 0 amide bonds. The normalized spacial score (nSPS) is 16.8. The Morgan fingerprint density at radius 3 is 2.29 bits per heavy atom. The molecule has 166 valence electrons. The molecule has 1 aliphatic rings. The number of hydrogen-bond acceptors (Lipinski definition) is 4. The molecule has 31 heavy (non-hydrogen) atoms. The highest BCUT2D eigenvalue weighted by Gasteiger charge is 2.42. The van der Waals surface area contributed by atoms with Crippen LogP contribution in [0.3, 0.4) is 0 Å². The monoisotopic (exact) mass is 440 g/mol. The first-order chi connectivity index (χ1) is 14.9. The fourth-order valence-corrected chi connectivity index (χ4v) is 6.68. The van der Waals surface area contributed by atoms with Gasteiger partial charge in [0.15, 0.2) is 9.84 Å². The van der Waals surface area contributed by atoms with Gasteiger partial charge in [0.2, 0.25) is 5.69 Å². The summed E-state index contributed by atoms with van der Waals surface area (Å²) in [7, 11) is -2.10. The van der Waals surface area contributed by atoms with E-state index in [0.29, 0.717) is 23.7 Å². The number of nitrogens with zero attached hydrogens (tertiary/aromatic N) is 2. The van der Waals surface area contributed by atoms with Crippen molar-refractivity contribution in [3.05, 3.63) is 53.9 Å². The number of unbranched alkanes of at least 4 members (excludes halogenated alkanes) is 2. The molecular formula is C25H32N2O3S. The number of ether oxygens (including phenoxy) is 1. The lowest BCUT2D eigenvalue weighted by atomic mass is 9.79. The fraction of sp³-hybridized carbons (Fsp3) is 0.480. The molecule has 0 fully saturated rings. The number of anilines is 2. The maximum Gasteiger partial charge on any atom is 0.230 e. The Labute approximate surface area is 186 Å². The van der Waals surface area contributed by atoms with E-state index in [4.69, 9.17) is 11.3 Å². The molecule has 0 spiro atoms. The van der Waals surface area contributed by atoms with Gasteiger partial charge in [0.1, 0.15) is 5.75 Å². The molecule has 0 radical (unpaired) electrons. The van der Waals surface area contributed by atoms with Gasteiger partial charge >= 0.3 is 0 Å². The van der Waals surface area contributed by atoms with Gasteiger partial charge in [0, 0.05) is 23.3 Å². The van der Waals surface area contributed by atoms with Crippen LogP contribution in [0.4, 0.5) is 17.1 Å². The van der Waals surface area contributed by atoms with Gasteiger partial charge in [-0.15, -0.1) is 0 Å². The van der Waals surface area contributed by atoms with E-state index in [0.717, 1.165) is 44.2 Å². The maximum atomic E-state index is 13.7. The van der Waals surface area contributed by atoms with Crippen LogP contribution in [0.25, 0.3) is 4.85 Å². The van der Waals surface area contributed by atoms with Crippen molar-refractivity contribution in [3.8, 4) is 5.75 Å². The minimum atomic E-state index is -3.57. The van der Waals surface area contributed by atoms with Crippen molar-refractivity contribution in [2.24, 2.45) is 5.41 Å². The number of fused-ring (bicyclic) bond motifs is 1. The van der Waals surface area contributed by atoms with Crippen molar-refractivity contribution < 1.29 is 13.2 Å². The van der Waals surface area contributed by atoms with Gasteiger partial charge in [-0.3, -0.25) is 0 Å². The van der Waals surface area contributed by atoms with Gasteiger partial charge in [-0.2, -0.15) is 0 Å². The summed E-state index contributed by atoms with van der Waals surface area (Å²) in [5.41, 5.74) is 1.50. The van der Waals surface area contributed by atoms with Crippen molar-refractivity contribution in [2.45, 2.75) is 57.3 Å². The molecule has 1 aliphatic heterocycles. The second-order valence-electron chi connectivity index (χ2n) is 8.49. The maximum absolute atomic E-state index is 13.7. The molecule has 0 N–H and O–H groups in total. The number of para-hydroxylation sites is 1. The average Bonchev–Trinajstić information content (AvgIpc) is 2.88. The first-order valence-corrected chi connectivity index (χ1v) is 12.7. The van der Waals surface area contributed by atoms with Crippen LogP contribution in [0.5, 0.6) is 5.75 Å². The highest BCUT2D eigenvalue weighted by Crippen LogP contribution is 2.47. The summed E-state index contributed by atoms with van der Waals surface area (Å²) in [5.74, 6) is 0.427. The Bertz CT molecular complexity index is 1030. The molecule has 0 bridgehead atoms. The van der Waals surface area contributed by atoms with Gasteiger partial charge in [0.05, 0.1) is 24.3 Å². The van der Waals surface area contributed by atoms with Crippen molar-refractivity contribution >= 4 is 26.9 Å². The lowest BCUT2D eigenvalue weighted by molar-refractivity contribution is 0.270. The fourth-order valence-electron chi connectivity index (χ4n) is 4.57. The SMILES string of the molecule is [C-]#[N+]c1cc2c(cc1OC)S(=O)(=O)CC(CCCC)(CCCC)CN2c1ccccc1. The van der Waals surface area contributed by atoms with E-state index in [1.54, 1.807) is 12.1 Å². The molecular weight excluding hydrogens is 408 g/mol. The van der Waals surface area contributed by atoms with Crippen LogP contribution in [-0.4, -0.2) is 27.8 Å². The molecule has 0 saturated carbocycles. The standard InChI is InChI=1S/C25H32N2O3S/c1-5-7-14-25(15-8-6-2)18-27(20-12-10-9-11-13-20)22-16-21(26-3)23(30-4)17-24(22)31(28,29)19-25/h9-13,16-17H,5-8,14-15,18-19H2,1-2,4H3. The molecule has 6 heteroatoms. The molecule has 0 unspecified atom stereocenters. The quantitative estimate of drug-likeness (QED) is 0.437. The number of sulfone groups is 1. The van der Waals surface area contributed by atoms with E-state index in [9.17, 15) is 8.42 Å². The molecule has 0 atom stereocenters. The predicted molar refractivity (Wildman–Crippen MR) is 126 cm³/mol. The second-order valence-corrected chi connectivity index (χ2v) is 10.4. The molecule has 2 aromatic carbocycles. The Morgan fingerprint density at radius 2 is 1.74 bits per heavy atom. The van der Waals surface area contributed by atoms with Gasteiger partial charge in [-0.1, -0.05) is 57.7 Å². The first-order valence-electron chi connectivity index (χ1n) is 11.0. The third-order valence-corrected chi connectivity index (χ3v) is 8.18. The van der Waals surface area contributed by atoms with Crippen molar-refractivity contribution in [1.29, 1.82) is 0 Å². The van der Waals surface area contributed by atoms with E-state index in [1.165, 1.54) is 7.11 Å². The smallest absolute Gasteiger partial charge is 0.230 e. The molecule has 0 saturated heterocycles. The van der Waals surface area contributed by atoms with Crippen molar-refractivity contribution in [2.75, 3.05) is 24.3 Å². The summed E-state index contributed by atoms with van der Waals surface area (Å²) in [4.78, 5) is 5.97. The molecule has 3 rings (SSSR count). The number of methoxy groups -OCH3 is 1. The predicted octanol–water partition coefficient (Wildman–Crippen LogP) is 6.54. The minimum Gasteiger partial charge on any atom is -0.508 e. The van der Waals surface area contributed by atoms with E-state index in [1.807, 2.05) is 30.3 Å². The van der Waals surface area contributed by atoms with Gasteiger partial charge in [-0.25, -0.2) is 13.3 Å². The largest absolute Gasteiger partial charge is 0.508 e. The van der Waals surface area contributed by atoms with Crippen LogP contribution < -0.4 is 9.64 Å². The van der Waals surface area contributed by atoms with E-state index in [2.05, 4.69) is 23.6 Å². The Hall–Kier alpha value is -2.52. The van der Waals surface area contributed by atoms with Gasteiger partial charge in [0.25, 0.3) is 0 Å². The number of benzene rings is 2. The average molecular weight is 441 g/mol. The molecule has 1 heterocycles. The highest BCUT2D eigenvalue weighted by molar-refractivity contribution is 7.91. The topological polar surface area (TPSA) is 51.0 Å². The van der Waals surface area contributed by atoms with Crippen LogP contribution in [0.1, 0.15) is 52.4 Å². The lowest BCUT2D eigenvalue weighted by Gasteiger charge is -2.37. The van der Waals surface area contributed by atoms with Crippen LogP contribution in [0.2, 0.25) is 0 Å². The number of rotatable bonds is 8. The van der Waals surface area contributed by atoms with E-state index >= 15 is 0 Å². The summed E-state index contributed by atoms with van der Waals surface area (Å²) in [6, 6.07) is 13.1. The molecule has 0 aromatic heterocycles. The zero-order valence-electron chi connectivity index (χ0n) is 18.7. The summed E-state index contributed by atoms with van der Waals surface area (Å²) >= 11 is 0. The second kappa shape index (κ2) is 9.74. The molecule has 0 aliphatic carbocycles. The van der Waals surface area contributed by atoms with Gasteiger partial charge in [-0.05, 0) is 37.1 Å². The Balaban J connectivity index is 2.27. The zero-order chi connectivity index (χ0) is 22.5. The summed E-state index contributed by atoms with van der Waals surface area (Å²) in [6.07, 6.45) is 5.78. The lowest BCUT2D eigenvalue weighted by Crippen LogP contribution is -2.38. The van der Waals surface area contributed by atoms with Crippen LogP contribution >= 0.6 is 0 Å². The third kappa shape index (κ3) is 4.88. The Kier molecular flexibility index (Phi) is 7.27. The number of hydrogen-bond donors (Lipinski definition) is 0. The van der Waals surface area contributed by atoms with Crippen molar-refractivity contribution in [1.82, 2.24) is 0 Å². The van der Waals surface area contributed by atoms with Crippen LogP contribution in [-0.2, 0) is 9.84 Å². The van der Waals surface area contributed by atoms with Crippen LogP contribution in [0.15, 0.2) is 47.4 Å². The first kappa shape index (κ1) is 23.1. The summed E-state index contributed by atoms with van der Waals surface area (Å²) in [5, 5.41) is 0. The zero-order valence-corrected chi connectivity index (χ0v) is 19.5. The van der Waals surface area contributed by atoms with E-state index in [-0.39, 0.29) is 16.1 Å². The summed E-state index contributed by atoms with van der Waals surface area (Å²) in [6.45, 7) is 12.5.